The van der Waals surface area contributed by atoms with Crippen LogP contribution in [0, 0.1) is 11.6 Å². The summed E-state index contributed by atoms with van der Waals surface area (Å²) in [6.07, 6.45) is 0. The van der Waals surface area contributed by atoms with Gasteiger partial charge in [0.05, 0.1) is 13.1 Å². The number of nitrogens with one attached hydrogen (secondary N) is 2. The normalized spacial score (nSPS) is 11.9. The number of nitrogens with zero attached hydrogens (tertiary/aromatic N) is 1. The smallest absolute Gasteiger partial charge is 0.239 e. The molecule has 0 heterocycles. The minimum Gasteiger partial charge on any atom is -0.358 e. The summed E-state index contributed by atoms with van der Waals surface area (Å²) in [7, 11) is 3.01. The topological polar surface area (TPSA) is 61.4 Å². The van der Waals surface area contributed by atoms with E-state index in [1.807, 2.05) is 0 Å². The van der Waals surface area contributed by atoms with Gasteiger partial charge in [0.2, 0.25) is 11.8 Å². The average molecular weight is 299 g/mol. The van der Waals surface area contributed by atoms with E-state index in [2.05, 4.69) is 10.6 Å². The van der Waals surface area contributed by atoms with Crippen LogP contribution in [-0.2, 0) is 9.59 Å². The van der Waals surface area contributed by atoms with E-state index in [1.165, 1.54) is 25.1 Å². The van der Waals surface area contributed by atoms with Crippen LogP contribution in [0.15, 0.2) is 18.2 Å². The Morgan fingerprint density at radius 3 is 2.52 bits per heavy atom. The molecule has 0 radical (unpaired) electrons. The standard InChI is InChI=1S/C14H19F2N3O2/c1-9(10-4-5-11(15)12(16)6-10)18-7-14(21)19(3)8-13(20)17-2/h4-6,9,18H,7-8H2,1-3H3,(H,17,20)/t9-/m1/s1. The van der Waals surface area contributed by atoms with E-state index in [0.29, 0.717) is 5.56 Å². The molecule has 7 heteroatoms. The van der Waals surface area contributed by atoms with Gasteiger partial charge in [-0.2, -0.15) is 0 Å². The Labute approximate surface area is 122 Å². The number of rotatable bonds is 6. The Morgan fingerprint density at radius 1 is 1.29 bits per heavy atom. The van der Waals surface area contributed by atoms with E-state index in [9.17, 15) is 18.4 Å². The molecule has 2 amide bonds. The van der Waals surface area contributed by atoms with Crippen molar-refractivity contribution in [1.82, 2.24) is 15.5 Å². The highest BCUT2D eigenvalue weighted by molar-refractivity contribution is 5.85. The van der Waals surface area contributed by atoms with Crippen molar-refractivity contribution in [2.45, 2.75) is 13.0 Å². The van der Waals surface area contributed by atoms with Gasteiger partial charge in [0.25, 0.3) is 0 Å². The van der Waals surface area contributed by atoms with Gasteiger partial charge in [-0.1, -0.05) is 6.07 Å². The predicted molar refractivity (Wildman–Crippen MR) is 74.5 cm³/mol. The highest BCUT2D eigenvalue weighted by Gasteiger charge is 2.14. The SMILES string of the molecule is CNC(=O)CN(C)C(=O)CN[C@H](C)c1ccc(F)c(F)c1. The summed E-state index contributed by atoms with van der Waals surface area (Å²) >= 11 is 0. The Hall–Kier alpha value is -2.02. The molecule has 0 fully saturated rings. The molecule has 0 aliphatic heterocycles. The molecule has 1 atom stereocenters. The van der Waals surface area contributed by atoms with Gasteiger partial charge in [0.15, 0.2) is 11.6 Å². The van der Waals surface area contributed by atoms with Crippen molar-refractivity contribution in [3.8, 4) is 0 Å². The van der Waals surface area contributed by atoms with Gasteiger partial charge in [-0.25, -0.2) is 8.78 Å². The fourth-order valence-electron chi connectivity index (χ4n) is 1.66. The third-order valence-electron chi connectivity index (χ3n) is 3.09. The minimum absolute atomic E-state index is 0.00629. The van der Waals surface area contributed by atoms with Crippen molar-refractivity contribution < 1.29 is 18.4 Å². The summed E-state index contributed by atoms with van der Waals surface area (Å²) < 4.78 is 26.0. The highest BCUT2D eigenvalue weighted by Crippen LogP contribution is 2.15. The fourth-order valence-corrected chi connectivity index (χ4v) is 1.66. The Kier molecular flexibility index (Phi) is 6.23. The molecule has 0 saturated heterocycles. The van der Waals surface area contributed by atoms with Gasteiger partial charge in [-0.3, -0.25) is 9.59 Å². The molecule has 0 aliphatic rings. The second kappa shape index (κ2) is 7.68. The Bertz CT molecular complexity index is 523. The van der Waals surface area contributed by atoms with E-state index in [-0.39, 0.29) is 30.9 Å². The highest BCUT2D eigenvalue weighted by atomic mass is 19.2. The zero-order valence-corrected chi connectivity index (χ0v) is 12.2. The van der Waals surface area contributed by atoms with Crippen molar-refractivity contribution in [3.05, 3.63) is 35.4 Å². The summed E-state index contributed by atoms with van der Waals surface area (Å²) in [6, 6.07) is 3.26. The lowest BCUT2D eigenvalue weighted by atomic mass is 10.1. The van der Waals surface area contributed by atoms with Crippen LogP contribution in [0.4, 0.5) is 8.78 Å². The van der Waals surface area contributed by atoms with E-state index < -0.39 is 11.6 Å². The van der Waals surface area contributed by atoms with Crippen molar-refractivity contribution >= 4 is 11.8 Å². The van der Waals surface area contributed by atoms with Crippen LogP contribution >= 0.6 is 0 Å². The van der Waals surface area contributed by atoms with Crippen LogP contribution in [-0.4, -0.2) is 43.9 Å². The van der Waals surface area contributed by atoms with Crippen molar-refractivity contribution in [2.75, 3.05) is 27.2 Å². The first-order chi connectivity index (χ1) is 9.85. The first-order valence-corrected chi connectivity index (χ1v) is 6.48. The van der Waals surface area contributed by atoms with Gasteiger partial charge >= 0.3 is 0 Å². The molecule has 0 bridgehead atoms. The second-order valence-corrected chi connectivity index (χ2v) is 4.70. The fraction of sp³-hybridized carbons (Fsp3) is 0.429. The first kappa shape index (κ1) is 17.0. The largest absolute Gasteiger partial charge is 0.358 e. The van der Waals surface area contributed by atoms with Gasteiger partial charge in [0.1, 0.15) is 0 Å². The molecule has 21 heavy (non-hydrogen) atoms. The number of hydrogen-bond donors (Lipinski definition) is 2. The van der Waals surface area contributed by atoms with Crippen molar-refractivity contribution in [3.63, 3.8) is 0 Å². The van der Waals surface area contributed by atoms with E-state index in [1.54, 1.807) is 6.92 Å². The average Bonchev–Trinajstić information content (AvgIpc) is 2.46. The number of halogens is 2. The second-order valence-electron chi connectivity index (χ2n) is 4.70. The van der Waals surface area contributed by atoms with E-state index in [0.717, 1.165) is 12.1 Å². The number of carbonyl (C=O) groups is 2. The lowest BCUT2D eigenvalue weighted by molar-refractivity contribution is -0.133. The van der Waals surface area contributed by atoms with Crippen LogP contribution in [0.2, 0.25) is 0 Å². The first-order valence-electron chi connectivity index (χ1n) is 6.48. The van der Waals surface area contributed by atoms with Crippen LogP contribution in [0.25, 0.3) is 0 Å². The van der Waals surface area contributed by atoms with E-state index in [4.69, 9.17) is 0 Å². The van der Waals surface area contributed by atoms with Crippen LogP contribution in [0.3, 0.4) is 0 Å². The molecule has 1 rings (SSSR count). The van der Waals surface area contributed by atoms with Gasteiger partial charge in [-0.15, -0.1) is 0 Å². The maximum absolute atomic E-state index is 13.1. The summed E-state index contributed by atoms with van der Waals surface area (Å²) in [4.78, 5) is 24.2. The lowest BCUT2D eigenvalue weighted by Gasteiger charge is -2.19. The van der Waals surface area contributed by atoms with Crippen LogP contribution in [0.5, 0.6) is 0 Å². The lowest BCUT2D eigenvalue weighted by Crippen LogP contribution is -2.41. The minimum atomic E-state index is -0.927. The number of benzene rings is 1. The molecule has 5 nitrogen and oxygen atoms in total. The summed E-state index contributed by atoms with van der Waals surface area (Å²) in [5, 5.41) is 5.33. The molecule has 0 unspecified atom stereocenters. The molecule has 116 valence electrons. The maximum atomic E-state index is 13.1. The summed E-state index contributed by atoms with van der Waals surface area (Å²) in [5.41, 5.74) is 0.538. The number of hydrogen-bond acceptors (Lipinski definition) is 3. The van der Waals surface area contributed by atoms with Crippen molar-refractivity contribution in [1.29, 1.82) is 0 Å². The third kappa shape index (κ3) is 5.11. The van der Waals surface area contributed by atoms with Crippen LogP contribution < -0.4 is 10.6 Å². The molecular weight excluding hydrogens is 280 g/mol. The Morgan fingerprint density at radius 2 is 1.95 bits per heavy atom. The van der Waals surface area contributed by atoms with Crippen molar-refractivity contribution in [2.24, 2.45) is 0 Å². The predicted octanol–water partition coefficient (Wildman–Crippen LogP) is 0.820. The van der Waals surface area contributed by atoms with Gasteiger partial charge < -0.3 is 15.5 Å². The summed E-state index contributed by atoms with van der Waals surface area (Å²) in [5.74, 6) is -2.37. The maximum Gasteiger partial charge on any atom is 0.239 e. The van der Waals surface area contributed by atoms with Gasteiger partial charge in [-0.05, 0) is 24.6 Å². The Balaban J connectivity index is 2.52. The number of carbonyl (C=O) groups excluding carboxylic acids is 2. The molecule has 0 saturated carbocycles. The number of amides is 2. The summed E-state index contributed by atoms with van der Waals surface area (Å²) in [6.45, 7) is 1.70. The number of likely N-dealkylation sites (N-methyl/N-ethyl adjacent to an activating group) is 2. The zero-order chi connectivity index (χ0) is 16.0. The van der Waals surface area contributed by atoms with E-state index >= 15 is 0 Å². The molecular formula is C14H19F2N3O2. The molecule has 1 aromatic carbocycles. The molecule has 0 spiro atoms. The molecule has 2 N–H and O–H groups in total. The molecule has 0 aliphatic carbocycles. The quantitative estimate of drug-likeness (QED) is 0.817. The molecule has 0 aromatic heterocycles. The van der Waals surface area contributed by atoms with Crippen LogP contribution in [0.1, 0.15) is 18.5 Å². The monoisotopic (exact) mass is 299 g/mol. The zero-order valence-electron chi connectivity index (χ0n) is 12.2. The third-order valence-corrected chi connectivity index (χ3v) is 3.09. The molecule has 1 aromatic rings. The van der Waals surface area contributed by atoms with Gasteiger partial charge in [0, 0.05) is 20.1 Å².